The third kappa shape index (κ3) is 2.45. The maximum absolute atomic E-state index is 10.6. The standard InChI is InChI=1S/C13H12N2O/c14-13(16)7-3-5-11-9-8-10-4-1-2-6-12(10)15-11/h1-6,8-9H,7H2,(H2,14,16). The van der Waals surface area contributed by atoms with Crippen molar-refractivity contribution < 1.29 is 4.79 Å². The molecule has 0 aliphatic rings. The number of nitrogens with zero attached hydrogens (tertiary/aromatic N) is 1. The van der Waals surface area contributed by atoms with Crippen LogP contribution >= 0.6 is 0 Å². The number of pyridine rings is 1. The van der Waals surface area contributed by atoms with Gasteiger partial charge in [-0.05, 0) is 18.2 Å². The molecule has 1 aromatic heterocycles. The van der Waals surface area contributed by atoms with Gasteiger partial charge in [0.2, 0.25) is 5.91 Å². The van der Waals surface area contributed by atoms with Crippen LogP contribution in [-0.4, -0.2) is 10.9 Å². The summed E-state index contributed by atoms with van der Waals surface area (Å²) in [4.78, 5) is 15.0. The van der Waals surface area contributed by atoms with Crippen molar-refractivity contribution in [1.82, 2.24) is 4.98 Å². The summed E-state index contributed by atoms with van der Waals surface area (Å²) in [6.07, 6.45) is 3.77. The summed E-state index contributed by atoms with van der Waals surface area (Å²) in [5, 5.41) is 1.11. The van der Waals surface area contributed by atoms with Crippen molar-refractivity contribution in [3.8, 4) is 0 Å². The molecule has 0 aliphatic carbocycles. The highest BCUT2D eigenvalue weighted by molar-refractivity contribution is 5.80. The Labute approximate surface area is 93.6 Å². The number of carbonyl (C=O) groups excluding carboxylic acids is 1. The lowest BCUT2D eigenvalue weighted by Crippen LogP contribution is -2.07. The molecule has 0 bridgehead atoms. The molecule has 1 amide bonds. The number of para-hydroxylation sites is 1. The van der Waals surface area contributed by atoms with Gasteiger partial charge in [-0.25, -0.2) is 4.98 Å². The lowest BCUT2D eigenvalue weighted by Gasteiger charge is -1.97. The fourth-order valence-corrected chi connectivity index (χ4v) is 1.47. The lowest BCUT2D eigenvalue weighted by molar-refractivity contribution is -0.117. The summed E-state index contributed by atoms with van der Waals surface area (Å²) in [5.74, 6) is -0.336. The van der Waals surface area contributed by atoms with E-state index in [1.165, 1.54) is 0 Å². The predicted octanol–water partition coefficient (Wildman–Crippen LogP) is 2.12. The Morgan fingerprint density at radius 2 is 2.06 bits per heavy atom. The van der Waals surface area contributed by atoms with Crippen LogP contribution < -0.4 is 5.73 Å². The number of hydrogen-bond acceptors (Lipinski definition) is 2. The minimum absolute atomic E-state index is 0.245. The topological polar surface area (TPSA) is 56.0 Å². The van der Waals surface area contributed by atoms with Crippen molar-refractivity contribution in [2.24, 2.45) is 5.73 Å². The minimum Gasteiger partial charge on any atom is -0.369 e. The van der Waals surface area contributed by atoms with Crippen LogP contribution in [-0.2, 0) is 4.79 Å². The molecule has 2 rings (SSSR count). The van der Waals surface area contributed by atoms with Gasteiger partial charge in [-0.3, -0.25) is 4.79 Å². The van der Waals surface area contributed by atoms with Crippen molar-refractivity contribution in [2.45, 2.75) is 6.42 Å². The summed E-state index contributed by atoms with van der Waals surface area (Å²) in [6.45, 7) is 0. The Balaban J connectivity index is 2.26. The van der Waals surface area contributed by atoms with E-state index in [-0.39, 0.29) is 12.3 Å². The third-order valence-corrected chi connectivity index (χ3v) is 2.23. The third-order valence-electron chi connectivity index (χ3n) is 2.23. The van der Waals surface area contributed by atoms with E-state index in [1.54, 1.807) is 12.2 Å². The van der Waals surface area contributed by atoms with Gasteiger partial charge in [0, 0.05) is 11.8 Å². The highest BCUT2D eigenvalue weighted by atomic mass is 16.1. The first kappa shape index (κ1) is 10.4. The maximum Gasteiger partial charge on any atom is 0.221 e. The normalized spacial score (nSPS) is 11.0. The molecule has 80 valence electrons. The van der Waals surface area contributed by atoms with Crippen molar-refractivity contribution in [3.05, 3.63) is 48.2 Å². The number of nitrogens with two attached hydrogens (primary N) is 1. The summed E-state index contributed by atoms with van der Waals surface area (Å²) >= 11 is 0. The fourth-order valence-electron chi connectivity index (χ4n) is 1.47. The first-order valence-electron chi connectivity index (χ1n) is 5.06. The first-order chi connectivity index (χ1) is 7.75. The van der Waals surface area contributed by atoms with E-state index in [9.17, 15) is 4.79 Å². The Hall–Kier alpha value is -2.16. The number of hydrogen-bond donors (Lipinski definition) is 1. The average molecular weight is 212 g/mol. The Bertz CT molecular complexity index is 546. The number of fused-ring (bicyclic) bond motifs is 1. The van der Waals surface area contributed by atoms with Gasteiger partial charge < -0.3 is 5.73 Å². The molecule has 0 saturated carbocycles. The number of carbonyl (C=O) groups is 1. The monoisotopic (exact) mass is 212 g/mol. The van der Waals surface area contributed by atoms with Crippen molar-refractivity contribution >= 4 is 22.9 Å². The van der Waals surface area contributed by atoms with Crippen LogP contribution in [0.5, 0.6) is 0 Å². The number of amides is 1. The van der Waals surface area contributed by atoms with E-state index in [2.05, 4.69) is 4.98 Å². The summed E-state index contributed by atoms with van der Waals surface area (Å²) in [7, 11) is 0. The Morgan fingerprint density at radius 3 is 2.88 bits per heavy atom. The number of primary amides is 1. The smallest absolute Gasteiger partial charge is 0.221 e. The van der Waals surface area contributed by atoms with Crippen LogP contribution in [0.2, 0.25) is 0 Å². The Morgan fingerprint density at radius 1 is 1.25 bits per heavy atom. The minimum atomic E-state index is -0.336. The number of rotatable bonds is 3. The summed E-state index contributed by atoms with van der Waals surface area (Å²) in [6, 6.07) is 11.8. The molecule has 0 radical (unpaired) electrons. The highest BCUT2D eigenvalue weighted by Crippen LogP contribution is 2.12. The largest absolute Gasteiger partial charge is 0.369 e. The van der Waals surface area contributed by atoms with Gasteiger partial charge in [-0.2, -0.15) is 0 Å². The summed E-state index contributed by atoms with van der Waals surface area (Å²) in [5.41, 5.74) is 6.82. The molecule has 2 aromatic rings. The van der Waals surface area contributed by atoms with E-state index in [4.69, 9.17) is 5.73 Å². The van der Waals surface area contributed by atoms with Gasteiger partial charge in [0.05, 0.1) is 11.2 Å². The van der Waals surface area contributed by atoms with E-state index >= 15 is 0 Å². The molecule has 0 saturated heterocycles. The Kier molecular flexibility index (Phi) is 2.96. The van der Waals surface area contributed by atoms with E-state index in [0.29, 0.717) is 0 Å². The van der Waals surface area contributed by atoms with Crippen molar-refractivity contribution in [3.63, 3.8) is 0 Å². The van der Waals surface area contributed by atoms with Crippen LogP contribution in [0.4, 0.5) is 0 Å². The van der Waals surface area contributed by atoms with Gasteiger partial charge in [-0.1, -0.05) is 30.3 Å². The second-order valence-corrected chi connectivity index (χ2v) is 3.50. The van der Waals surface area contributed by atoms with E-state index in [1.807, 2.05) is 36.4 Å². The van der Waals surface area contributed by atoms with Gasteiger partial charge in [0.1, 0.15) is 0 Å². The highest BCUT2D eigenvalue weighted by Gasteiger charge is 1.94. The molecule has 3 heteroatoms. The molecular weight excluding hydrogens is 200 g/mol. The lowest BCUT2D eigenvalue weighted by atomic mass is 10.2. The van der Waals surface area contributed by atoms with Gasteiger partial charge in [0.25, 0.3) is 0 Å². The van der Waals surface area contributed by atoms with Crippen molar-refractivity contribution in [2.75, 3.05) is 0 Å². The molecule has 1 heterocycles. The molecule has 0 spiro atoms. The molecule has 0 fully saturated rings. The average Bonchev–Trinajstić information content (AvgIpc) is 2.28. The molecule has 3 nitrogen and oxygen atoms in total. The SMILES string of the molecule is NC(=O)CC=Cc1ccc2ccccc2n1. The molecule has 0 unspecified atom stereocenters. The first-order valence-corrected chi connectivity index (χ1v) is 5.06. The quantitative estimate of drug-likeness (QED) is 0.847. The second kappa shape index (κ2) is 4.57. The van der Waals surface area contributed by atoms with Crippen LogP contribution in [0, 0.1) is 0 Å². The maximum atomic E-state index is 10.6. The fraction of sp³-hybridized carbons (Fsp3) is 0.0769. The predicted molar refractivity (Wildman–Crippen MR) is 64.6 cm³/mol. The van der Waals surface area contributed by atoms with Crippen molar-refractivity contribution in [1.29, 1.82) is 0 Å². The van der Waals surface area contributed by atoms with Gasteiger partial charge in [-0.15, -0.1) is 0 Å². The van der Waals surface area contributed by atoms with Crippen LogP contribution in [0.25, 0.3) is 17.0 Å². The zero-order chi connectivity index (χ0) is 11.4. The molecule has 16 heavy (non-hydrogen) atoms. The van der Waals surface area contributed by atoms with E-state index in [0.717, 1.165) is 16.6 Å². The van der Waals surface area contributed by atoms with E-state index < -0.39 is 0 Å². The van der Waals surface area contributed by atoms with Crippen LogP contribution in [0.1, 0.15) is 12.1 Å². The van der Waals surface area contributed by atoms with Gasteiger partial charge >= 0.3 is 0 Å². The van der Waals surface area contributed by atoms with Crippen LogP contribution in [0.15, 0.2) is 42.5 Å². The van der Waals surface area contributed by atoms with Gasteiger partial charge in [0.15, 0.2) is 0 Å². The molecule has 1 aromatic carbocycles. The number of benzene rings is 1. The summed E-state index contributed by atoms with van der Waals surface area (Å²) < 4.78 is 0. The number of aromatic nitrogens is 1. The molecule has 0 atom stereocenters. The zero-order valence-electron chi connectivity index (χ0n) is 8.76. The van der Waals surface area contributed by atoms with Crippen LogP contribution in [0.3, 0.4) is 0 Å². The molecular formula is C13H12N2O. The molecule has 0 aliphatic heterocycles. The molecule has 2 N–H and O–H groups in total. The zero-order valence-corrected chi connectivity index (χ0v) is 8.76. The second-order valence-electron chi connectivity index (χ2n) is 3.50.